The molecular formula is C23H24N3O5+. The van der Waals surface area contributed by atoms with Crippen LogP contribution in [0.15, 0.2) is 87.2 Å². The van der Waals surface area contributed by atoms with Crippen molar-refractivity contribution >= 4 is 12.0 Å². The molecule has 0 bridgehead atoms. The van der Waals surface area contributed by atoms with Gasteiger partial charge in [-0.25, -0.2) is 9.59 Å². The molecule has 3 heterocycles. The summed E-state index contributed by atoms with van der Waals surface area (Å²) in [4.78, 5) is 25.2. The van der Waals surface area contributed by atoms with Crippen LogP contribution in [0.2, 0.25) is 0 Å². The molecule has 1 aliphatic heterocycles. The number of esters is 1. The van der Waals surface area contributed by atoms with Gasteiger partial charge in [-0.2, -0.15) is 0 Å². The zero-order valence-electron chi connectivity index (χ0n) is 17.0. The van der Waals surface area contributed by atoms with E-state index in [1.807, 2.05) is 47.8 Å². The highest BCUT2D eigenvalue weighted by atomic mass is 16.5. The fourth-order valence-electron chi connectivity index (χ4n) is 3.68. The Kier molecular flexibility index (Phi) is 6.18. The zero-order valence-corrected chi connectivity index (χ0v) is 17.0. The first-order valence-corrected chi connectivity index (χ1v) is 10.1. The van der Waals surface area contributed by atoms with E-state index in [0.29, 0.717) is 23.6 Å². The number of urea groups is 1. The number of amides is 2. The Hall–Kier alpha value is -3.78. The fraction of sp³-hybridized carbons (Fsp3) is 0.217. The van der Waals surface area contributed by atoms with Crippen LogP contribution in [0.1, 0.15) is 36.1 Å². The molecule has 4 rings (SSSR count). The summed E-state index contributed by atoms with van der Waals surface area (Å²) in [6.07, 6.45) is 3.13. The second-order valence-corrected chi connectivity index (χ2v) is 7.00. The molecule has 0 fully saturated rings. The minimum Gasteiger partial charge on any atom is -0.467 e. The van der Waals surface area contributed by atoms with Gasteiger partial charge in [-0.3, -0.25) is 0 Å². The summed E-state index contributed by atoms with van der Waals surface area (Å²) >= 11 is 0. The van der Waals surface area contributed by atoms with Gasteiger partial charge in [0.25, 0.3) is 0 Å². The van der Waals surface area contributed by atoms with E-state index < -0.39 is 18.0 Å². The number of ether oxygens (including phenoxy) is 1. The predicted molar refractivity (Wildman–Crippen MR) is 111 cm³/mol. The number of nitrogens with one attached hydrogen (secondary N) is 2. The van der Waals surface area contributed by atoms with Gasteiger partial charge in [-0.05, 0) is 31.2 Å². The third kappa shape index (κ3) is 4.54. The van der Waals surface area contributed by atoms with Gasteiger partial charge in [0, 0.05) is 5.56 Å². The molecule has 8 heteroatoms. The minimum atomic E-state index is -0.731. The second kappa shape index (κ2) is 9.36. The van der Waals surface area contributed by atoms with Crippen LogP contribution in [0.4, 0.5) is 4.79 Å². The molecule has 3 aromatic rings. The molecule has 0 spiro atoms. The molecule has 1 aromatic carbocycles. The van der Waals surface area contributed by atoms with Crippen LogP contribution in [0.5, 0.6) is 0 Å². The molecule has 2 aromatic heterocycles. The average molecular weight is 422 g/mol. The fourth-order valence-corrected chi connectivity index (χ4v) is 3.68. The SMILES string of the molecule is CCOC(=O)C1=C(C[NH2+][C@@H](c2ccccc2)c2ccco2)NC(=O)N[C@@H]1c1ccco1. The number of nitrogens with two attached hydrogens (primary N) is 1. The van der Waals surface area contributed by atoms with E-state index in [1.54, 1.807) is 25.3 Å². The van der Waals surface area contributed by atoms with Crippen LogP contribution in [0.25, 0.3) is 0 Å². The first kappa shape index (κ1) is 20.5. The van der Waals surface area contributed by atoms with E-state index in [2.05, 4.69) is 10.6 Å². The number of rotatable bonds is 8. The Morgan fingerprint density at radius 1 is 1.10 bits per heavy atom. The second-order valence-electron chi connectivity index (χ2n) is 7.00. The van der Waals surface area contributed by atoms with Crippen molar-refractivity contribution in [2.45, 2.75) is 19.0 Å². The van der Waals surface area contributed by atoms with E-state index in [0.717, 1.165) is 11.3 Å². The smallest absolute Gasteiger partial charge is 0.338 e. The van der Waals surface area contributed by atoms with Gasteiger partial charge in [0.1, 0.15) is 18.3 Å². The van der Waals surface area contributed by atoms with E-state index in [1.165, 1.54) is 6.26 Å². The highest BCUT2D eigenvalue weighted by Gasteiger charge is 2.36. The molecule has 31 heavy (non-hydrogen) atoms. The van der Waals surface area contributed by atoms with E-state index >= 15 is 0 Å². The molecule has 4 N–H and O–H groups in total. The van der Waals surface area contributed by atoms with Crippen molar-refractivity contribution in [2.75, 3.05) is 13.2 Å². The Morgan fingerprint density at radius 3 is 2.55 bits per heavy atom. The maximum absolute atomic E-state index is 12.8. The van der Waals surface area contributed by atoms with Gasteiger partial charge in [0.2, 0.25) is 0 Å². The average Bonchev–Trinajstić information content (AvgIpc) is 3.49. The number of quaternary nitrogens is 1. The summed E-state index contributed by atoms with van der Waals surface area (Å²) in [5.41, 5.74) is 1.83. The molecule has 0 aliphatic carbocycles. The van der Waals surface area contributed by atoms with Gasteiger partial charge in [0.15, 0.2) is 11.8 Å². The van der Waals surface area contributed by atoms with E-state index in [9.17, 15) is 9.59 Å². The lowest BCUT2D eigenvalue weighted by Crippen LogP contribution is -2.86. The third-order valence-corrected chi connectivity index (χ3v) is 5.04. The molecular weight excluding hydrogens is 398 g/mol. The summed E-state index contributed by atoms with van der Waals surface area (Å²) in [5, 5.41) is 7.53. The summed E-state index contributed by atoms with van der Waals surface area (Å²) in [6, 6.07) is 15.8. The molecule has 8 nitrogen and oxygen atoms in total. The van der Waals surface area contributed by atoms with Crippen molar-refractivity contribution in [3.63, 3.8) is 0 Å². The molecule has 0 saturated carbocycles. The van der Waals surface area contributed by atoms with Gasteiger partial charge in [-0.15, -0.1) is 0 Å². The quantitative estimate of drug-likeness (QED) is 0.483. The summed E-state index contributed by atoms with van der Waals surface area (Å²) in [7, 11) is 0. The van der Waals surface area contributed by atoms with Crippen LogP contribution in [0, 0.1) is 0 Å². The van der Waals surface area contributed by atoms with Crippen LogP contribution in [-0.2, 0) is 9.53 Å². The third-order valence-electron chi connectivity index (χ3n) is 5.04. The Bertz CT molecular complexity index is 1040. The molecule has 160 valence electrons. The Morgan fingerprint density at radius 2 is 1.87 bits per heavy atom. The highest BCUT2D eigenvalue weighted by Crippen LogP contribution is 2.28. The number of benzene rings is 1. The first-order chi connectivity index (χ1) is 15.2. The van der Waals surface area contributed by atoms with Crippen molar-refractivity contribution in [3.05, 3.63) is 95.5 Å². The summed E-state index contributed by atoms with van der Waals surface area (Å²) < 4.78 is 16.4. The van der Waals surface area contributed by atoms with Crippen molar-refractivity contribution in [1.82, 2.24) is 10.6 Å². The van der Waals surface area contributed by atoms with E-state index in [4.69, 9.17) is 13.6 Å². The molecule has 0 unspecified atom stereocenters. The van der Waals surface area contributed by atoms with Crippen molar-refractivity contribution in [2.24, 2.45) is 0 Å². The molecule has 1 aliphatic rings. The number of furan rings is 2. The number of hydrogen-bond donors (Lipinski definition) is 3. The minimum absolute atomic E-state index is 0.152. The van der Waals surface area contributed by atoms with Crippen LogP contribution in [-0.4, -0.2) is 25.2 Å². The van der Waals surface area contributed by atoms with Gasteiger partial charge < -0.3 is 29.5 Å². The van der Waals surface area contributed by atoms with Crippen molar-refractivity contribution < 1.29 is 28.5 Å². The lowest BCUT2D eigenvalue weighted by atomic mass is 9.99. The van der Waals surface area contributed by atoms with Crippen molar-refractivity contribution in [3.8, 4) is 0 Å². The Balaban J connectivity index is 1.67. The predicted octanol–water partition coefficient (Wildman–Crippen LogP) is 2.40. The zero-order chi connectivity index (χ0) is 21.6. The Labute approximate surface area is 179 Å². The maximum Gasteiger partial charge on any atom is 0.338 e. The first-order valence-electron chi connectivity index (χ1n) is 10.1. The topological polar surface area (TPSA) is 110 Å². The normalized spacial score (nSPS) is 17.1. The standard InChI is InChI=1S/C23H23N3O5/c1-2-29-22(27)19-16(25-23(28)26-21(19)18-11-7-13-31-18)14-24-20(17-10-6-12-30-17)15-8-4-3-5-9-15/h3-13,20-21,24H,2,14H2,1H3,(H2,25,26,28)/p+1/t20-,21+/m0/s1. The monoisotopic (exact) mass is 422 g/mol. The molecule has 0 saturated heterocycles. The van der Waals surface area contributed by atoms with Crippen LogP contribution < -0.4 is 16.0 Å². The molecule has 0 radical (unpaired) electrons. The maximum atomic E-state index is 12.8. The lowest BCUT2D eigenvalue weighted by Gasteiger charge is -2.27. The number of hydrogen-bond acceptors (Lipinski definition) is 5. The highest BCUT2D eigenvalue weighted by molar-refractivity contribution is 5.95. The number of carbonyl (C=O) groups excluding carboxylic acids is 2. The van der Waals surface area contributed by atoms with Gasteiger partial charge >= 0.3 is 12.0 Å². The van der Waals surface area contributed by atoms with E-state index in [-0.39, 0.29) is 12.6 Å². The summed E-state index contributed by atoms with van der Waals surface area (Å²) in [6.45, 7) is 2.28. The lowest BCUT2D eigenvalue weighted by molar-refractivity contribution is -0.682. The summed E-state index contributed by atoms with van der Waals surface area (Å²) in [5.74, 6) is 0.724. The number of carbonyl (C=O) groups is 2. The largest absolute Gasteiger partial charge is 0.467 e. The molecule has 2 atom stereocenters. The van der Waals surface area contributed by atoms with Crippen LogP contribution >= 0.6 is 0 Å². The van der Waals surface area contributed by atoms with Gasteiger partial charge in [-0.1, -0.05) is 30.3 Å². The van der Waals surface area contributed by atoms with Crippen LogP contribution in [0.3, 0.4) is 0 Å². The molecule has 2 amide bonds. The van der Waals surface area contributed by atoms with Crippen molar-refractivity contribution in [1.29, 1.82) is 0 Å². The van der Waals surface area contributed by atoms with Gasteiger partial charge in [0.05, 0.1) is 30.4 Å².